The number of hydrogen-bond acceptors (Lipinski definition) is 7. The molecule has 0 aromatic carbocycles. The van der Waals surface area contributed by atoms with E-state index in [1.54, 1.807) is 42.2 Å². The first-order valence-electron chi connectivity index (χ1n) is 10.1. The molecule has 158 valence electrons. The fourth-order valence-electron chi connectivity index (χ4n) is 3.91. The number of aromatic nitrogens is 5. The van der Waals surface area contributed by atoms with E-state index in [2.05, 4.69) is 35.2 Å². The van der Waals surface area contributed by atoms with Gasteiger partial charge >= 0.3 is 0 Å². The third kappa shape index (κ3) is 3.61. The van der Waals surface area contributed by atoms with Gasteiger partial charge in [-0.1, -0.05) is 0 Å². The summed E-state index contributed by atoms with van der Waals surface area (Å²) < 4.78 is 1.70. The van der Waals surface area contributed by atoms with Crippen LogP contribution in [0.25, 0.3) is 16.7 Å². The number of nitrogens with one attached hydrogen (secondary N) is 2. The Kier molecular flexibility index (Phi) is 4.83. The number of anilines is 1. The molecule has 10 heteroatoms. The van der Waals surface area contributed by atoms with Crippen LogP contribution in [0.1, 0.15) is 16.2 Å². The molecule has 0 spiro atoms. The van der Waals surface area contributed by atoms with Crippen molar-refractivity contribution in [2.45, 2.75) is 6.54 Å². The second-order valence-corrected chi connectivity index (χ2v) is 7.51. The minimum Gasteiger partial charge on any atom is -0.368 e. The van der Waals surface area contributed by atoms with Crippen LogP contribution < -0.4 is 15.8 Å². The van der Waals surface area contributed by atoms with E-state index in [0.717, 1.165) is 37.6 Å². The van der Waals surface area contributed by atoms with Crippen LogP contribution in [-0.2, 0) is 6.54 Å². The normalized spacial score (nSPS) is 14.9. The summed E-state index contributed by atoms with van der Waals surface area (Å²) in [6.07, 6.45) is 3.41. The Hall–Kier alpha value is -3.79. The Bertz CT molecular complexity index is 1300. The van der Waals surface area contributed by atoms with E-state index >= 15 is 0 Å². The van der Waals surface area contributed by atoms with Gasteiger partial charge in [0.1, 0.15) is 11.3 Å². The second-order valence-electron chi connectivity index (χ2n) is 7.51. The molecule has 4 aromatic heterocycles. The van der Waals surface area contributed by atoms with Crippen molar-refractivity contribution in [3.8, 4) is 0 Å². The van der Waals surface area contributed by atoms with E-state index in [0.29, 0.717) is 28.9 Å². The van der Waals surface area contributed by atoms with Crippen molar-refractivity contribution < 1.29 is 4.79 Å². The van der Waals surface area contributed by atoms with Crippen molar-refractivity contribution in [2.75, 3.05) is 38.1 Å². The number of carbonyl (C=O) groups is 1. The van der Waals surface area contributed by atoms with Crippen LogP contribution in [0, 0.1) is 0 Å². The molecule has 1 aliphatic heterocycles. The number of hydrogen-bond donors (Lipinski definition) is 2. The van der Waals surface area contributed by atoms with Crippen molar-refractivity contribution in [2.24, 2.45) is 0 Å². The van der Waals surface area contributed by atoms with Crippen LogP contribution in [0.3, 0.4) is 0 Å². The Morgan fingerprint density at radius 3 is 2.74 bits per heavy atom. The number of fused-ring (bicyclic) bond motifs is 3. The fraction of sp³-hybridized carbons (Fsp3) is 0.286. The maximum atomic E-state index is 12.3. The molecule has 1 saturated heterocycles. The molecule has 31 heavy (non-hydrogen) atoms. The number of aromatic amines is 1. The summed E-state index contributed by atoms with van der Waals surface area (Å²) in [6, 6.07) is 9.08. The van der Waals surface area contributed by atoms with Crippen LogP contribution in [-0.4, -0.2) is 68.6 Å². The first-order valence-corrected chi connectivity index (χ1v) is 10.1. The molecule has 0 unspecified atom stereocenters. The third-order valence-corrected chi connectivity index (χ3v) is 5.56. The second kappa shape index (κ2) is 7.80. The van der Waals surface area contributed by atoms with Crippen LogP contribution in [0.4, 0.5) is 5.69 Å². The first kappa shape index (κ1) is 19.2. The minimum atomic E-state index is -0.187. The molecule has 2 N–H and O–H groups in total. The van der Waals surface area contributed by atoms with Gasteiger partial charge in [0, 0.05) is 52.0 Å². The SMILES string of the molecule is CNC(=O)c1ccc(N2CCN(Cc3cc4[nH]c(=O)c5cccnc5n4n3)CC2)cn1. The zero-order valence-corrected chi connectivity index (χ0v) is 17.1. The molecule has 5 rings (SSSR count). The molecular weight excluding hydrogens is 396 g/mol. The molecule has 10 nitrogen and oxygen atoms in total. The summed E-state index contributed by atoms with van der Waals surface area (Å²) in [5, 5.41) is 7.77. The van der Waals surface area contributed by atoms with Crippen molar-refractivity contribution >= 4 is 28.3 Å². The van der Waals surface area contributed by atoms with Gasteiger partial charge < -0.3 is 15.2 Å². The number of amides is 1. The van der Waals surface area contributed by atoms with Crippen molar-refractivity contribution in [1.82, 2.24) is 34.8 Å². The molecular formula is C21H22N8O2. The summed E-state index contributed by atoms with van der Waals surface area (Å²) >= 11 is 0. The van der Waals surface area contributed by atoms with Gasteiger partial charge in [0.25, 0.3) is 11.5 Å². The molecule has 5 heterocycles. The van der Waals surface area contributed by atoms with Gasteiger partial charge in [0.15, 0.2) is 5.65 Å². The van der Waals surface area contributed by atoms with Gasteiger partial charge in [-0.15, -0.1) is 0 Å². The number of piperazine rings is 1. The molecule has 1 fully saturated rings. The predicted octanol–water partition coefficient (Wildman–Crippen LogP) is 0.648. The van der Waals surface area contributed by atoms with Crippen molar-refractivity contribution in [3.05, 3.63) is 64.5 Å². The molecule has 4 aromatic rings. The average Bonchev–Trinajstić information content (AvgIpc) is 3.21. The van der Waals surface area contributed by atoms with Crippen LogP contribution in [0.2, 0.25) is 0 Å². The van der Waals surface area contributed by atoms with E-state index in [1.807, 2.05) is 12.1 Å². The van der Waals surface area contributed by atoms with E-state index in [9.17, 15) is 9.59 Å². The topological polar surface area (TPSA) is 112 Å². The first-order chi connectivity index (χ1) is 15.1. The molecule has 0 saturated carbocycles. The Balaban J connectivity index is 1.27. The molecule has 0 atom stereocenters. The van der Waals surface area contributed by atoms with E-state index in [4.69, 9.17) is 0 Å². The molecule has 1 aliphatic rings. The smallest absolute Gasteiger partial charge is 0.269 e. The Morgan fingerprint density at radius 1 is 1.16 bits per heavy atom. The van der Waals surface area contributed by atoms with Gasteiger partial charge in [0.2, 0.25) is 0 Å². The van der Waals surface area contributed by atoms with Gasteiger partial charge in [-0.2, -0.15) is 9.61 Å². The summed E-state index contributed by atoms with van der Waals surface area (Å²) in [4.78, 5) is 40.0. The van der Waals surface area contributed by atoms with Crippen molar-refractivity contribution in [1.29, 1.82) is 0 Å². The summed E-state index contributed by atoms with van der Waals surface area (Å²) in [5.41, 5.74) is 3.36. The number of rotatable bonds is 4. The quantitative estimate of drug-likeness (QED) is 0.500. The molecule has 0 aliphatic carbocycles. The highest BCUT2D eigenvalue weighted by atomic mass is 16.1. The summed E-state index contributed by atoms with van der Waals surface area (Å²) in [5.74, 6) is -0.187. The zero-order valence-electron chi connectivity index (χ0n) is 17.1. The van der Waals surface area contributed by atoms with Gasteiger partial charge in [-0.05, 0) is 24.3 Å². The Morgan fingerprint density at radius 2 is 2.00 bits per heavy atom. The number of H-pyrrole nitrogens is 1. The van der Waals surface area contributed by atoms with Crippen LogP contribution in [0.5, 0.6) is 0 Å². The lowest BCUT2D eigenvalue weighted by atomic mass is 10.2. The minimum absolute atomic E-state index is 0.160. The lowest BCUT2D eigenvalue weighted by Crippen LogP contribution is -2.46. The summed E-state index contributed by atoms with van der Waals surface area (Å²) in [6.45, 7) is 4.16. The van der Waals surface area contributed by atoms with Crippen molar-refractivity contribution in [3.63, 3.8) is 0 Å². The Labute approximate surface area is 177 Å². The third-order valence-electron chi connectivity index (χ3n) is 5.56. The van der Waals surface area contributed by atoms with E-state index in [-0.39, 0.29) is 11.5 Å². The number of pyridine rings is 2. The highest BCUT2D eigenvalue weighted by Crippen LogP contribution is 2.17. The monoisotopic (exact) mass is 418 g/mol. The van der Waals surface area contributed by atoms with Crippen LogP contribution >= 0.6 is 0 Å². The molecule has 0 bridgehead atoms. The molecule has 0 radical (unpaired) electrons. The highest BCUT2D eigenvalue weighted by Gasteiger charge is 2.19. The number of nitrogens with zero attached hydrogens (tertiary/aromatic N) is 6. The lowest BCUT2D eigenvalue weighted by molar-refractivity contribution is 0.0958. The molecule has 1 amide bonds. The van der Waals surface area contributed by atoms with Crippen LogP contribution in [0.15, 0.2) is 47.5 Å². The lowest BCUT2D eigenvalue weighted by Gasteiger charge is -2.35. The highest BCUT2D eigenvalue weighted by molar-refractivity contribution is 5.92. The predicted molar refractivity (Wildman–Crippen MR) is 116 cm³/mol. The largest absolute Gasteiger partial charge is 0.368 e. The van der Waals surface area contributed by atoms with Gasteiger partial charge in [-0.25, -0.2) is 9.97 Å². The summed E-state index contributed by atoms with van der Waals surface area (Å²) in [7, 11) is 1.59. The fourth-order valence-corrected chi connectivity index (χ4v) is 3.91. The van der Waals surface area contributed by atoms with Gasteiger partial charge in [0.05, 0.1) is 23.0 Å². The van der Waals surface area contributed by atoms with Gasteiger partial charge in [-0.3, -0.25) is 14.5 Å². The van der Waals surface area contributed by atoms with E-state index < -0.39 is 0 Å². The van der Waals surface area contributed by atoms with E-state index in [1.165, 1.54) is 0 Å². The average molecular weight is 418 g/mol. The maximum Gasteiger partial charge on any atom is 0.269 e. The standard InChI is InChI=1S/C21H22N8O2/c1-22-21(31)17-5-4-15(12-24-17)28-9-7-27(8-10-28)13-14-11-18-25-20(30)16-3-2-6-23-19(16)29(18)26-14/h2-6,11-12H,7-10,13H2,1H3,(H,22,31)(H,25,30). The zero-order chi connectivity index (χ0) is 21.4. The maximum absolute atomic E-state index is 12.3. The number of carbonyl (C=O) groups excluding carboxylic acids is 1.